The summed E-state index contributed by atoms with van der Waals surface area (Å²) < 4.78 is 0.866. The van der Waals surface area contributed by atoms with Crippen molar-refractivity contribution in [1.29, 1.82) is 0 Å². The highest BCUT2D eigenvalue weighted by molar-refractivity contribution is 9.10. The Kier molecular flexibility index (Phi) is 6.72. The van der Waals surface area contributed by atoms with Gasteiger partial charge in [-0.05, 0) is 50.6 Å². The van der Waals surface area contributed by atoms with Gasteiger partial charge in [-0.3, -0.25) is 9.59 Å². The summed E-state index contributed by atoms with van der Waals surface area (Å²) in [6, 6.07) is 14.5. The Balaban J connectivity index is 2.18. The summed E-state index contributed by atoms with van der Waals surface area (Å²) in [6.45, 7) is 6.56. The molecular formula is C23H24BrN3O3. The third kappa shape index (κ3) is 4.16. The molecule has 0 spiro atoms. The van der Waals surface area contributed by atoms with Crippen LogP contribution in [-0.2, 0) is 4.79 Å². The molecule has 0 bridgehead atoms. The minimum Gasteiger partial charge on any atom is -0.339 e. The Morgan fingerprint density at radius 1 is 1.03 bits per heavy atom. The lowest BCUT2D eigenvalue weighted by Crippen LogP contribution is -2.52. The van der Waals surface area contributed by atoms with Crippen LogP contribution in [0.5, 0.6) is 0 Å². The molecule has 30 heavy (non-hydrogen) atoms. The Labute approximate surface area is 184 Å². The molecule has 3 rings (SSSR count). The van der Waals surface area contributed by atoms with Crippen LogP contribution in [0.1, 0.15) is 42.7 Å². The number of hydrogen-bond donors (Lipinski definition) is 1. The van der Waals surface area contributed by atoms with Crippen LogP contribution in [0.3, 0.4) is 0 Å². The van der Waals surface area contributed by atoms with E-state index >= 15 is 0 Å². The molecule has 2 aromatic rings. The van der Waals surface area contributed by atoms with E-state index in [1.165, 1.54) is 0 Å². The van der Waals surface area contributed by atoms with Gasteiger partial charge in [-0.25, -0.2) is 9.69 Å². The minimum absolute atomic E-state index is 0.198. The van der Waals surface area contributed by atoms with Crippen molar-refractivity contribution in [3.8, 4) is 0 Å². The first-order valence-electron chi connectivity index (χ1n) is 9.84. The second-order valence-corrected chi connectivity index (χ2v) is 7.86. The largest absolute Gasteiger partial charge is 0.339 e. The molecule has 1 aliphatic heterocycles. The molecule has 6 nitrogen and oxygen atoms in total. The minimum atomic E-state index is -0.826. The molecular weight excluding hydrogens is 446 g/mol. The second kappa shape index (κ2) is 9.26. The molecule has 7 heteroatoms. The number of carbonyl (C=O) groups is 3. The molecule has 1 unspecified atom stereocenters. The van der Waals surface area contributed by atoms with Gasteiger partial charge in [0.05, 0.1) is 11.6 Å². The first-order chi connectivity index (χ1) is 14.4. The molecule has 0 aliphatic carbocycles. The van der Waals surface area contributed by atoms with Gasteiger partial charge in [0.25, 0.3) is 11.8 Å². The van der Waals surface area contributed by atoms with Gasteiger partial charge >= 0.3 is 6.03 Å². The van der Waals surface area contributed by atoms with Gasteiger partial charge in [0.1, 0.15) is 0 Å². The number of amides is 4. The molecule has 1 atom stereocenters. The topological polar surface area (TPSA) is 69.7 Å². The number of carbonyl (C=O) groups excluding carboxylic acids is 3. The Morgan fingerprint density at radius 2 is 1.63 bits per heavy atom. The second-order valence-electron chi connectivity index (χ2n) is 6.94. The van der Waals surface area contributed by atoms with Crippen LogP contribution in [0.15, 0.2) is 70.3 Å². The molecule has 1 heterocycles. The fourth-order valence-corrected chi connectivity index (χ4v) is 3.85. The van der Waals surface area contributed by atoms with E-state index in [4.69, 9.17) is 0 Å². The Hall–Kier alpha value is -2.93. The third-order valence-electron chi connectivity index (χ3n) is 5.16. The lowest BCUT2D eigenvalue weighted by atomic mass is 9.92. The van der Waals surface area contributed by atoms with Crippen LogP contribution in [-0.4, -0.2) is 40.7 Å². The number of nitrogens with one attached hydrogen (secondary N) is 1. The van der Waals surface area contributed by atoms with Crippen LogP contribution in [0.4, 0.5) is 4.79 Å². The van der Waals surface area contributed by atoms with Crippen molar-refractivity contribution in [3.63, 3.8) is 0 Å². The highest BCUT2D eigenvalue weighted by Gasteiger charge is 2.42. The molecule has 4 amide bonds. The monoisotopic (exact) mass is 469 g/mol. The summed E-state index contributed by atoms with van der Waals surface area (Å²) in [5, 5.41) is 2.71. The predicted molar refractivity (Wildman–Crippen MR) is 119 cm³/mol. The average Bonchev–Trinajstić information content (AvgIpc) is 2.75. The van der Waals surface area contributed by atoms with E-state index < -0.39 is 18.0 Å². The Bertz CT molecular complexity index is 983. The number of urea groups is 1. The molecule has 156 valence electrons. The number of hydrogen-bond acceptors (Lipinski definition) is 3. The van der Waals surface area contributed by atoms with E-state index in [-0.39, 0.29) is 5.91 Å². The van der Waals surface area contributed by atoms with E-state index in [0.717, 1.165) is 9.37 Å². The zero-order chi connectivity index (χ0) is 21.8. The molecule has 0 aromatic heterocycles. The molecule has 0 radical (unpaired) electrons. The van der Waals surface area contributed by atoms with E-state index in [1.807, 2.05) is 38.1 Å². The molecule has 2 aromatic carbocycles. The van der Waals surface area contributed by atoms with E-state index in [0.29, 0.717) is 35.5 Å². The van der Waals surface area contributed by atoms with Crippen molar-refractivity contribution in [2.24, 2.45) is 0 Å². The fourth-order valence-electron chi connectivity index (χ4n) is 3.59. The van der Waals surface area contributed by atoms with Gasteiger partial charge < -0.3 is 10.2 Å². The Morgan fingerprint density at radius 3 is 2.20 bits per heavy atom. The smallest absolute Gasteiger partial charge is 0.329 e. The fraction of sp³-hybridized carbons (Fsp3) is 0.261. The van der Waals surface area contributed by atoms with Crippen LogP contribution in [0.2, 0.25) is 0 Å². The first kappa shape index (κ1) is 21.8. The predicted octanol–water partition coefficient (Wildman–Crippen LogP) is 4.50. The number of nitrogens with zero attached hydrogens (tertiary/aromatic N) is 2. The summed E-state index contributed by atoms with van der Waals surface area (Å²) in [5.41, 5.74) is 1.92. The summed E-state index contributed by atoms with van der Waals surface area (Å²) >= 11 is 3.42. The number of halogens is 1. The van der Waals surface area contributed by atoms with Crippen molar-refractivity contribution in [3.05, 3.63) is 81.5 Å². The van der Waals surface area contributed by atoms with Gasteiger partial charge in [-0.2, -0.15) is 0 Å². The number of rotatable bonds is 5. The van der Waals surface area contributed by atoms with Gasteiger partial charge in [0.15, 0.2) is 0 Å². The van der Waals surface area contributed by atoms with Gasteiger partial charge in [0.2, 0.25) is 0 Å². The molecule has 1 N–H and O–H groups in total. The van der Waals surface area contributed by atoms with E-state index in [9.17, 15) is 14.4 Å². The normalized spacial score (nSPS) is 16.3. The van der Waals surface area contributed by atoms with Crippen LogP contribution in [0, 0.1) is 0 Å². The number of imide groups is 1. The van der Waals surface area contributed by atoms with Gasteiger partial charge in [-0.15, -0.1) is 0 Å². The lowest BCUT2D eigenvalue weighted by Gasteiger charge is -2.38. The molecule has 1 aliphatic rings. The highest BCUT2D eigenvalue weighted by Crippen LogP contribution is 2.36. The van der Waals surface area contributed by atoms with Crippen LogP contribution < -0.4 is 5.32 Å². The number of likely N-dealkylation sites (N-methyl/N-ethyl adjacent to an activating group) is 1. The average molecular weight is 470 g/mol. The summed E-state index contributed by atoms with van der Waals surface area (Å²) in [6.07, 6.45) is 0. The molecule has 0 fully saturated rings. The summed E-state index contributed by atoms with van der Waals surface area (Å²) in [5.74, 6) is -0.658. The molecule has 0 saturated carbocycles. The van der Waals surface area contributed by atoms with Crippen molar-refractivity contribution >= 4 is 33.8 Å². The van der Waals surface area contributed by atoms with Crippen LogP contribution in [0.25, 0.3) is 0 Å². The maximum absolute atomic E-state index is 13.4. The number of benzene rings is 2. The van der Waals surface area contributed by atoms with Gasteiger partial charge in [-0.1, -0.05) is 46.3 Å². The van der Waals surface area contributed by atoms with Crippen molar-refractivity contribution in [2.75, 3.05) is 13.1 Å². The third-order valence-corrected chi connectivity index (χ3v) is 5.68. The van der Waals surface area contributed by atoms with Crippen molar-refractivity contribution in [2.45, 2.75) is 26.8 Å². The van der Waals surface area contributed by atoms with Crippen molar-refractivity contribution in [1.82, 2.24) is 15.1 Å². The van der Waals surface area contributed by atoms with E-state index in [1.54, 1.807) is 42.2 Å². The zero-order valence-corrected chi connectivity index (χ0v) is 18.8. The highest BCUT2D eigenvalue weighted by atomic mass is 79.9. The summed E-state index contributed by atoms with van der Waals surface area (Å²) in [7, 11) is 0. The van der Waals surface area contributed by atoms with Crippen molar-refractivity contribution < 1.29 is 14.4 Å². The maximum atomic E-state index is 13.4. The quantitative estimate of drug-likeness (QED) is 0.700. The summed E-state index contributed by atoms with van der Waals surface area (Å²) in [4.78, 5) is 42.6. The van der Waals surface area contributed by atoms with E-state index in [2.05, 4.69) is 21.2 Å². The molecule has 0 saturated heterocycles. The van der Waals surface area contributed by atoms with Gasteiger partial charge in [0, 0.05) is 28.8 Å². The lowest BCUT2D eigenvalue weighted by molar-refractivity contribution is -0.127. The maximum Gasteiger partial charge on any atom is 0.329 e. The zero-order valence-electron chi connectivity index (χ0n) is 17.2. The number of allylic oxidation sites excluding steroid dienone is 1. The first-order valence-corrected chi connectivity index (χ1v) is 10.6. The van der Waals surface area contributed by atoms with Crippen LogP contribution >= 0.6 is 15.9 Å². The standard InChI is InChI=1S/C23H24BrN3O3/c1-4-26(5-2)22(29)19-15(3)25-23(30)27(21(28)17-9-7-6-8-10-17)20(19)16-11-13-18(24)14-12-16/h6-14,20H,4-5H2,1-3H3,(H,25,30). The SMILES string of the molecule is CCN(CC)C(=O)C1=C(C)NC(=O)N(C(=O)c2ccccc2)C1c1ccc(Br)cc1.